The van der Waals surface area contributed by atoms with Crippen molar-refractivity contribution in [2.45, 2.75) is 33.2 Å². The molecule has 0 aromatic heterocycles. The molecule has 0 saturated heterocycles. The van der Waals surface area contributed by atoms with Crippen LogP contribution in [0.1, 0.15) is 27.2 Å². The van der Waals surface area contributed by atoms with Gasteiger partial charge in [-0.2, -0.15) is 0 Å². The van der Waals surface area contributed by atoms with Gasteiger partial charge in [0.05, 0.1) is 13.2 Å². The quantitative estimate of drug-likeness (QED) is 0.720. The van der Waals surface area contributed by atoms with Crippen LogP contribution in [0.4, 0.5) is 4.79 Å². The summed E-state index contributed by atoms with van der Waals surface area (Å²) in [5, 5.41) is 2.57. The molecule has 0 radical (unpaired) electrons. The summed E-state index contributed by atoms with van der Waals surface area (Å²) in [5.74, 6) is -0.187. The minimum absolute atomic E-state index is 0.0290. The van der Waals surface area contributed by atoms with E-state index in [4.69, 9.17) is 0 Å². The number of alkyl carbamates (subject to hydrolysis) is 1. The van der Waals surface area contributed by atoms with Gasteiger partial charge in [0.15, 0.2) is 5.78 Å². The number of ether oxygens (including phenoxy) is 1. The molecule has 0 aromatic carbocycles. The first kappa shape index (κ1) is 17.2. The molecule has 4 heteroatoms. The van der Waals surface area contributed by atoms with Gasteiger partial charge in [-0.1, -0.05) is 44.7 Å². The van der Waals surface area contributed by atoms with Gasteiger partial charge in [-0.3, -0.25) is 4.79 Å². The first-order valence-corrected chi connectivity index (χ1v) is 6.28. The number of carbonyl (C=O) groups excluding carboxylic acids is 2. The Hall–Kier alpha value is -1.84. The molecule has 106 valence electrons. The minimum Gasteiger partial charge on any atom is -0.453 e. The van der Waals surface area contributed by atoms with E-state index in [1.165, 1.54) is 7.11 Å². The van der Waals surface area contributed by atoms with E-state index in [0.29, 0.717) is 6.42 Å². The van der Waals surface area contributed by atoms with E-state index in [9.17, 15) is 9.59 Å². The van der Waals surface area contributed by atoms with E-state index >= 15 is 0 Å². The third-order valence-electron chi connectivity index (χ3n) is 2.59. The first-order chi connectivity index (χ1) is 8.96. The van der Waals surface area contributed by atoms with Crippen molar-refractivity contribution in [3.05, 3.63) is 36.5 Å². The van der Waals surface area contributed by atoms with E-state index in [2.05, 4.69) is 16.6 Å². The van der Waals surface area contributed by atoms with E-state index in [0.717, 1.165) is 5.57 Å². The molecule has 0 aliphatic heterocycles. The van der Waals surface area contributed by atoms with Gasteiger partial charge in [0, 0.05) is 5.92 Å². The summed E-state index contributed by atoms with van der Waals surface area (Å²) >= 11 is 0. The number of Topliss-reactive ketones (excluding diaryl/α,β-unsaturated/α-hetero) is 1. The monoisotopic (exact) mass is 265 g/mol. The summed E-state index contributed by atoms with van der Waals surface area (Å²) in [4.78, 5) is 23.4. The van der Waals surface area contributed by atoms with Gasteiger partial charge in [-0.25, -0.2) is 4.79 Å². The van der Waals surface area contributed by atoms with E-state index in [1.807, 2.05) is 25.2 Å². The molecule has 1 amide bonds. The van der Waals surface area contributed by atoms with E-state index < -0.39 is 12.1 Å². The fourth-order valence-corrected chi connectivity index (χ4v) is 1.50. The van der Waals surface area contributed by atoms with Crippen molar-refractivity contribution in [1.82, 2.24) is 5.32 Å². The lowest BCUT2D eigenvalue weighted by atomic mass is 9.95. The Morgan fingerprint density at radius 3 is 2.42 bits per heavy atom. The van der Waals surface area contributed by atoms with Gasteiger partial charge in [-0.05, 0) is 18.9 Å². The Morgan fingerprint density at radius 2 is 2.00 bits per heavy atom. The van der Waals surface area contributed by atoms with Crippen LogP contribution in [0.15, 0.2) is 36.5 Å². The van der Waals surface area contributed by atoms with Gasteiger partial charge in [0.25, 0.3) is 0 Å². The van der Waals surface area contributed by atoms with E-state index in [-0.39, 0.29) is 11.7 Å². The van der Waals surface area contributed by atoms with Crippen LogP contribution in [0, 0.1) is 5.92 Å². The number of nitrogens with one attached hydrogen (secondary N) is 1. The summed E-state index contributed by atoms with van der Waals surface area (Å²) in [6, 6.07) is -0.595. The van der Waals surface area contributed by atoms with Crippen molar-refractivity contribution in [2.75, 3.05) is 7.11 Å². The van der Waals surface area contributed by atoms with Crippen molar-refractivity contribution in [1.29, 1.82) is 0 Å². The predicted octanol–water partition coefficient (Wildman–Crippen LogP) is 3.01. The molecule has 0 saturated carbocycles. The number of rotatable bonds is 7. The number of amides is 1. The summed E-state index contributed by atoms with van der Waals surface area (Å²) in [7, 11) is 1.27. The van der Waals surface area contributed by atoms with Crippen molar-refractivity contribution in [3.8, 4) is 0 Å². The number of methoxy groups -OCH3 is 1. The number of ketones is 1. The van der Waals surface area contributed by atoms with Crippen LogP contribution in [0.25, 0.3) is 0 Å². The zero-order chi connectivity index (χ0) is 14.8. The average Bonchev–Trinajstić information content (AvgIpc) is 2.40. The fraction of sp³-hybridized carbons (Fsp3) is 0.467. The molecule has 0 heterocycles. The standard InChI is InChI=1S/C15H23NO3/c1-6-8-9-12(7-2)10-13(14(17)11(3)4)16-15(18)19-5/h6-9,11,13H,2,10H2,1,3-5H3,(H,16,18)/b8-6-,12-9+/t13-/m0/s1. The Bertz CT molecular complexity index is 381. The first-order valence-electron chi connectivity index (χ1n) is 6.28. The SMILES string of the molecule is C=C/C(=C\C=C/C)C[C@H](NC(=O)OC)C(=O)C(C)C. The highest BCUT2D eigenvalue weighted by Gasteiger charge is 2.23. The zero-order valence-corrected chi connectivity index (χ0v) is 12.1. The summed E-state index contributed by atoms with van der Waals surface area (Å²) in [5.41, 5.74) is 0.883. The third-order valence-corrected chi connectivity index (χ3v) is 2.59. The van der Waals surface area contributed by atoms with Crippen LogP contribution >= 0.6 is 0 Å². The molecule has 1 N–H and O–H groups in total. The molecule has 0 spiro atoms. The number of carbonyl (C=O) groups is 2. The normalized spacial score (nSPS) is 13.4. The molecule has 19 heavy (non-hydrogen) atoms. The summed E-state index contributed by atoms with van der Waals surface area (Å²) < 4.78 is 4.55. The fourth-order valence-electron chi connectivity index (χ4n) is 1.50. The third kappa shape index (κ3) is 6.60. The molecule has 0 fully saturated rings. The van der Waals surface area contributed by atoms with Crippen LogP contribution < -0.4 is 5.32 Å². The highest BCUT2D eigenvalue weighted by Crippen LogP contribution is 2.12. The molecule has 4 nitrogen and oxygen atoms in total. The van der Waals surface area contributed by atoms with Crippen LogP contribution in [-0.2, 0) is 9.53 Å². The second-order valence-electron chi connectivity index (χ2n) is 4.42. The maximum Gasteiger partial charge on any atom is 0.407 e. The van der Waals surface area contributed by atoms with Crippen molar-refractivity contribution >= 4 is 11.9 Å². The Balaban J connectivity index is 4.97. The second kappa shape index (κ2) is 9.14. The van der Waals surface area contributed by atoms with Gasteiger partial charge >= 0.3 is 6.09 Å². The van der Waals surface area contributed by atoms with Crippen molar-refractivity contribution in [2.24, 2.45) is 5.92 Å². The number of allylic oxidation sites excluding steroid dienone is 4. The molecule has 0 bridgehead atoms. The molecule has 0 unspecified atom stereocenters. The highest BCUT2D eigenvalue weighted by atomic mass is 16.5. The maximum atomic E-state index is 12.1. The average molecular weight is 265 g/mol. The maximum absolute atomic E-state index is 12.1. The Kier molecular flexibility index (Phi) is 8.25. The van der Waals surface area contributed by atoms with Crippen LogP contribution in [-0.4, -0.2) is 25.0 Å². The minimum atomic E-state index is -0.603. The number of hydrogen-bond acceptors (Lipinski definition) is 3. The topological polar surface area (TPSA) is 55.4 Å². The molecule has 0 aromatic rings. The molecule has 0 aliphatic carbocycles. The summed E-state index contributed by atoms with van der Waals surface area (Å²) in [6.45, 7) is 9.22. The number of hydrogen-bond donors (Lipinski definition) is 1. The van der Waals surface area contributed by atoms with Gasteiger partial charge < -0.3 is 10.1 Å². The highest BCUT2D eigenvalue weighted by molar-refractivity contribution is 5.89. The van der Waals surface area contributed by atoms with Crippen LogP contribution in [0.2, 0.25) is 0 Å². The molecule has 0 rings (SSSR count). The van der Waals surface area contributed by atoms with Crippen LogP contribution in [0.5, 0.6) is 0 Å². The largest absolute Gasteiger partial charge is 0.453 e. The lowest BCUT2D eigenvalue weighted by molar-refractivity contribution is -0.123. The van der Waals surface area contributed by atoms with Crippen LogP contribution in [0.3, 0.4) is 0 Å². The van der Waals surface area contributed by atoms with Gasteiger partial charge in [0.2, 0.25) is 0 Å². The smallest absolute Gasteiger partial charge is 0.407 e. The van der Waals surface area contributed by atoms with Gasteiger partial charge in [0.1, 0.15) is 0 Å². The molecule has 0 aliphatic rings. The van der Waals surface area contributed by atoms with Crippen molar-refractivity contribution < 1.29 is 14.3 Å². The summed E-state index contributed by atoms with van der Waals surface area (Å²) in [6.07, 6.45) is 7.10. The zero-order valence-electron chi connectivity index (χ0n) is 12.1. The molecular formula is C15H23NO3. The molecular weight excluding hydrogens is 242 g/mol. The van der Waals surface area contributed by atoms with Crippen molar-refractivity contribution in [3.63, 3.8) is 0 Å². The predicted molar refractivity (Wildman–Crippen MR) is 76.9 cm³/mol. The molecule has 1 atom stereocenters. The Labute approximate surface area is 115 Å². The second-order valence-corrected chi connectivity index (χ2v) is 4.42. The lowest BCUT2D eigenvalue weighted by Gasteiger charge is -2.19. The Morgan fingerprint density at radius 1 is 1.37 bits per heavy atom. The van der Waals surface area contributed by atoms with E-state index in [1.54, 1.807) is 19.9 Å². The van der Waals surface area contributed by atoms with Gasteiger partial charge in [-0.15, -0.1) is 0 Å². The lowest BCUT2D eigenvalue weighted by Crippen LogP contribution is -2.42.